The number of fused-ring (bicyclic) bond motifs is 2. The van der Waals surface area contributed by atoms with Crippen LogP contribution in [0.15, 0.2) is 42.5 Å². The first-order valence-corrected chi connectivity index (χ1v) is 8.82. The molecule has 0 aliphatic carbocycles. The third-order valence-electron chi connectivity index (χ3n) is 3.91. The Hall–Kier alpha value is -2.57. The number of carbonyl (C=O) groups is 2. The Kier molecular flexibility index (Phi) is 3.86. The van der Waals surface area contributed by atoms with E-state index in [2.05, 4.69) is 10.6 Å². The Balaban J connectivity index is 1.61. The van der Waals surface area contributed by atoms with Gasteiger partial charge in [0.25, 0.3) is 11.8 Å². The highest BCUT2D eigenvalue weighted by Crippen LogP contribution is 2.36. The molecule has 1 aliphatic rings. The summed E-state index contributed by atoms with van der Waals surface area (Å²) in [4.78, 5) is 24.8. The number of carbonyl (C=O) groups excluding carboxylic acids is 2. The largest absolute Gasteiger partial charge is 0.479 e. The highest BCUT2D eigenvalue weighted by atomic mass is 35.5. The molecular formula is C18H13ClN2O3S. The lowest BCUT2D eigenvalue weighted by atomic mass is 10.2. The minimum absolute atomic E-state index is 0.219. The van der Waals surface area contributed by atoms with Crippen LogP contribution >= 0.6 is 22.9 Å². The lowest BCUT2D eigenvalue weighted by molar-refractivity contribution is -0.122. The molecule has 0 spiro atoms. The van der Waals surface area contributed by atoms with Gasteiger partial charge in [-0.1, -0.05) is 29.8 Å². The maximum atomic E-state index is 12.6. The summed E-state index contributed by atoms with van der Waals surface area (Å²) in [5, 5.41) is 6.88. The average molecular weight is 373 g/mol. The fourth-order valence-corrected chi connectivity index (χ4v) is 4.05. The van der Waals surface area contributed by atoms with Crippen molar-refractivity contribution in [1.29, 1.82) is 0 Å². The van der Waals surface area contributed by atoms with Gasteiger partial charge in [0.2, 0.25) is 0 Å². The minimum Gasteiger partial charge on any atom is -0.479 e. The molecule has 2 amide bonds. The monoisotopic (exact) mass is 372 g/mol. The third-order valence-corrected chi connectivity index (χ3v) is 5.58. The second kappa shape index (κ2) is 6.06. The summed E-state index contributed by atoms with van der Waals surface area (Å²) in [7, 11) is 0. The van der Waals surface area contributed by atoms with Crippen LogP contribution in [0.25, 0.3) is 10.1 Å². The van der Waals surface area contributed by atoms with Crippen LogP contribution in [0.2, 0.25) is 5.02 Å². The van der Waals surface area contributed by atoms with Crippen LogP contribution in [0.4, 0.5) is 11.4 Å². The number of anilines is 2. The number of thiophene rings is 1. The molecule has 2 N–H and O–H groups in total. The first-order valence-electron chi connectivity index (χ1n) is 7.63. The average Bonchev–Trinajstić information content (AvgIpc) is 2.94. The summed E-state index contributed by atoms with van der Waals surface area (Å²) in [5.41, 5.74) is 1.08. The normalized spacial score (nSPS) is 16.1. The van der Waals surface area contributed by atoms with Gasteiger partial charge in [-0.3, -0.25) is 9.59 Å². The van der Waals surface area contributed by atoms with Crippen molar-refractivity contribution in [1.82, 2.24) is 0 Å². The Bertz CT molecular complexity index is 1010. The highest BCUT2D eigenvalue weighted by molar-refractivity contribution is 7.21. The molecule has 7 heteroatoms. The van der Waals surface area contributed by atoms with E-state index in [0.717, 1.165) is 10.1 Å². The van der Waals surface area contributed by atoms with Gasteiger partial charge in [0.1, 0.15) is 10.6 Å². The Morgan fingerprint density at radius 3 is 2.88 bits per heavy atom. The van der Waals surface area contributed by atoms with Crippen LogP contribution in [0.5, 0.6) is 5.75 Å². The Morgan fingerprint density at radius 2 is 2.08 bits per heavy atom. The summed E-state index contributed by atoms with van der Waals surface area (Å²) < 4.78 is 6.46. The zero-order valence-corrected chi connectivity index (χ0v) is 14.7. The first kappa shape index (κ1) is 15.9. The number of benzene rings is 2. The van der Waals surface area contributed by atoms with Crippen molar-refractivity contribution in [3.8, 4) is 5.75 Å². The molecule has 4 rings (SSSR count). The third kappa shape index (κ3) is 2.83. The summed E-state index contributed by atoms with van der Waals surface area (Å²) in [6.07, 6.45) is -0.537. The van der Waals surface area contributed by atoms with Crippen LogP contribution in [0.3, 0.4) is 0 Å². The van der Waals surface area contributed by atoms with E-state index in [4.69, 9.17) is 16.3 Å². The van der Waals surface area contributed by atoms with Crippen LogP contribution in [-0.4, -0.2) is 17.9 Å². The fraction of sp³-hybridized carbons (Fsp3) is 0.111. The maximum absolute atomic E-state index is 12.6. The molecule has 25 heavy (non-hydrogen) atoms. The molecule has 0 fully saturated rings. The van der Waals surface area contributed by atoms with E-state index < -0.39 is 6.10 Å². The molecule has 1 unspecified atom stereocenters. The van der Waals surface area contributed by atoms with E-state index in [-0.39, 0.29) is 11.8 Å². The van der Waals surface area contributed by atoms with Crippen molar-refractivity contribution < 1.29 is 14.3 Å². The molecule has 0 saturated carbocycles. The van der Waals surface area contributed by atoms with Gasteiger partial charge in [0.15, 0.2) is 6.10 Å². The van der Waals surface area contributed by atoms with E-state index in [9.17, 15) is 9.59 Å². The van der Waals surface area contributed by atoms with Crippen molar-refractivity contribution in [2.75, 3.05) is 10.6 Å². The molecule has 5 nitrogen and oxygen atoms in total. The zero-order chi connectivity index (χ0) is 17.6. The molecule has 1 aromatic heterocycles. The van der Waals surface area contributed by atoms with Gasteiger partial charge in [0.05, 0.1) is 10.7 Å². The van der Waals surface area contributed by atoms with E-state index in [1.54, 1.807) is 25.1 Å². The molecule has 0 bridgehead atoms. The van der Waals surface area contributed by atoms with Gasteiger partial charge in [-0.2, -0.15) is 0 Å². The fourth-order valence-electron chi connectivity index (χ4n) is 2.63. The predicted octanol–water partition coefficient (Wildman–Crippen LogP) is 4.53. The van der Waals surface area contributed by atoms with Crippen molar-refractivity contribution in [3.05, 3.63) is 52.4 Å². The van der Waals surface area contributed by atoms with Crippen LogP contribution in [0, 0.1) is 0 Å². The molecule has 126 valence electrons. The summed E-state index contributed by atoms with van der Waals surface area (Å²) in [6.45, 7) is 1.68. The Labute approximate surface area is 152 Å². The number of hydrogen-bond donors (Lipinski definition) is 2. The lowest BCUT2D eigenvalue weighted by Gasteiger charge is -2.23. The van der Waals surface area contributed by atoms with Crippen LogP contribution in [0.1, 0.15) is 16.6 Å². The quantitative estimate of drug-likeness (QED) is 0.694. The SMILES string of the molecule is CC1Oc2ccc(NC(=O)c3sc4ccccc4c3Cl)cc2NC1=O. The Morgan fingerprint density at radius 1 is 1.28 bits per heavy atom. The molecule has 2 aromatic carbocycles. The molecule has 3 aromatic rings. The second-order valence-electron chi connectivity index (χ2n) is 5.66. The van der Waals surface area contributed by atoms with Gasteiger partial charge in [-0.05, 0) is 31.2 Å². The van der Waals surface area contributed by atoms with Crippen LogP contribution < -0.4 is 15.4 Å². The second-order valence-corrected chi connectivity index (χ2v) is 7.09. The molecular weight excluding hydrogens is 360 g/mol. The summed E-state index contributed by atoms with van der Waals surface area (Å²) in [6, 6.07) is 12.7. The smallest absolute Gasteiger partial charge is 0.267 e. The number of ether oxygens (including phenoxy) is 1. The van der Waals surface area contributed by atoms with E-state index in [0.29, 0.717) is 27.0 Å². The summed E-state index contributed by atoms with van der Waals surface area (Å²) in [5.74, 6) is 0.0658. The minimum atomic E-state index is -0.537. The standard InChI is InChI=1S/C18H13ClN2O3S/c1-9-17(22)21-12-8-10(6-7-13(12)24-9)20-18(23)16-15(19)11-4-2-3-5-14(11)25-16/h2-9H,1H3,(H,20,23)(H,21,22). The van der Waals surface area contributed by atoms with E-state index in [1.807, 2.05) is 24.3 Å². The lowest BCUT2D eigenvalue weighted by Crippen LogP contribution is -2.34. The summed E-state index contributed by atoms with van der Waals surface area (Å²) >= 11 is 7.68. The van der Waals surface area contributed by atoms with Gasteiger partial charge in [-0.15, -0.1) is 11.3 Å². The first-order chi connectivity index (χ1) is 12.0. The molecule has 2 heterocycles. The number of hydrogen-bond acceptors (Lipinski definition) is 4. The van der Waals surface area contributed by atoms with Crippen molar-refractivity contribution in [2.45, 2.75) is 13.0 Å². The molecule has 1 aliphatic heterocycles. The van der Waals surface area contributed by atoms with Crippen molar-refractivity contribution in [3.63, 3.8) is 0 Å². The predicted molar refractivity (Wildman–Crippen MR) is 99.9 cm³/mol. The molecule has 0 radical (unpaired) electrons. The number of rotatable bonds is 2. The molecule has 0 saturated heterocycles. The van der Waals surface area contributed by atoms with Crippen LogP contribution in [-0.2, 0) is 4.79 Å². The van der Waals surface area contributed by atoms with E-state index in [1.165, 1.54) is 11.3 Å². The molecule has 1 atom stereocenters. The number of nitrogens with one attached hydrogen (secondary N) is 2. The van der Waals surface area contributed by atoms with Crippen molar-refractivity contribution >= 4 is 56.2 Å². The van der Waals surface area contributed by atoms with Gasteiger partial charge in [-0.25, -0.2) is 0 Å². The number of halogens is 1. The van der Waals surface area contributed by atoms with E-state index >= 15 is 0 Å². The van der Waals surface area contributed by atoms with Crippen molar-refractivity contribution in [2.24, 2.45) is 0 Å². The number of amides is 2. The van der Waals surface area contributed by atoms with Gasteiger partial charge < -0.3 is 15.4 Å². The maximum Gasteiger partial charge on any atom is 0.267 e. The van der Waals surface area contributed by atoms with Gasteiger partial charge >= 0.3 is 0 Å². The topological polar surface area (TPSA) is 67.4 Å². The highest BCUT2D eigenvalue weighted by Gasteiger charge is 2.24. The zero-order valence-electron chi connectivity index (χ0n) is 13.1. The van der Waals surface area contributed by atoms with Gasteiger partial charge in [0, 0.05) is 15.8 Å².